The lowest BCUT2D eigenvalue weighted by atomic mass is 9.97. The molecule has 11 rings (SSSR count). The quantitative estimate of drug-likeness (QED) is 0.164. The highest BCUT2D eigenvalue weighted by Gasteiger charge is 2.19. The molecular formula is C53H34N2O2. The second-order valence-corrected chi connectivity index (χ2v) is 14.4. The van der Waals surface area contributed by atoms with Crippen molar-refractivity contribution in [1.82, 2.24) is 4.98 Å². The molecule has 57 heavy (non-hydrogen) atoms. The summed E-state index contributed by atoms with van der Waals surface area (Å²) in [5, 5.41) is 4.53. The highest BCUT2D eigenvalue weighted by atomic mass is 16.4. The van der Waals surface area contributed by atoms with E-state index in [1.807, 2.05) is 42.5 Å². The zero-order chi connectivity index (χ0) is 37.7. The monoisotopic (exact) mass is 730 g/mol. The molecule has 9 aromatic carbocycles. The average Bonchev–Trinajstić information content (AvgIpc) is 3.87. The van der Waals surface area contributed by atoms with Gasteiger partial charge in [0.25, 0.3) is 0 Å². The van der Waals surface area contributed by atoms with E-state index >= 15 is 0 Å². The van der Waals surface area contributed by atoms with Gasteiger partial charge in [0, 0.05) is 39.5 Å². The summed E-state index contributed by atoms with van der Waals surface area (Å²) in [4.78, 5) is 7.20. The van der Waals surface area contributed by atoms with Crippen molar-refractivity contribution in [3.63, 3.8) is 0 Å². The molecule has 4 heteroatoms. The molecule has 0 aliphatic carbocycles. The molecule has 0 bridgehead atoms. The zero-order valence-electron chi connectivity index (χ0n) is 30.8. The summed E-state index contributed by atoms with van der Waals surface area (Å²) in [6.45, 7) is 0. The van der Waals surface area contributed by atoms with Crippen molar-refractivity contribution in [2.75, 3.05) is 4.90 Å². The van der Waals surface area contributed by atoms with Crippen molar-refractivity contribution in [3.05, 3.63) is 206 Å². The molecule has 0 atom stereocenters. The van der Waals surface area contributed by atoms with Crippen LogP contribution in [-0.4, -0.2) is 4.98 Å². The summed E-state index contributed by atoms with van der Waals surface area (Å²) < 4.78 is 12.6. The van der Waals surface area contributed by atoms with Crippen molar-refractivity contribution in [2.45, 2.75) is 0 Å². The number of rotatable bonds is 7. The fraction of sp³-hybridized carbons (Fsp3) is 0. The van der Waals surface area contributed by atoms with Crippen LogP contribution in [0.3, 0.4) is 0 Å². The number of fused-ring (bicyclic) bond motifs is 5. The van der Waals surface area contributed by atoms with E-state index in [1.54, 1.807) is 0 Å². The molecule has 0 aliphatic rings. The molecule has 0 fully saturated rings. The fourth-order valence-electron chi connectivity index (χ4n) is 8.15. The topological polar surface area (TPSA) is 42.4 Å². The van der Waals surface area contributed by atoms with Crippen molar-refractivity contribution in [1.29, 1.82) is 0 Å². The number of oxazole rings is 1. The molecule has 2 heterocycles. The average molecular weight is 731 g/mol. The molecule has 4 nitrogen and oxygen atoms in total. The number of hydrogen-bond donors (Lipinski definition) is 0. The van der Waals surface area contributed by atoms with E-state index in [2.05, 4.69) is 169 Å². The van der Waals surface area contributed by atoms with Crippen LogP contribution in [0.2, 0.25) is 0 Å². The molecule has 0 saturated heterocycles. The van der Waals surface area contributed by atoms with Crippen LogP contribution in [0.15, 0.2) is 215 Å². The molecular weight excluding hydrogens is 697 g/mol. The number of hydrogen-bond acceptors (Lipinski definition) is 4. The van der Waals surface area contributed by atoms with Crippen LogP contribution in [0.1, 0.15) is 0 Å². The van der Waals surface area contributed by atoms with Gasteiger partial charge in [0.1, 0.15) is 16.7 Å². The molecule has 2 aromatic heterocycles. The van der Waals surface area contributed by atoms with Crippen molar-refractivity contribution in [2.24, 2.45) is 0 Å². The number of benzene rings is 9. The van der Waals surface area contributed by atoms with E-state index in [-0.39, 0.29) is 0 Å². The van der Waals surface area contributed by atoms with Crippen molar-refractivity contribution >= 4 is 60.9 Å². The minimum atomic E-state index is 0.597. The van der Waals surface area contributed by atoms with Crippen LogP contribution < -0.4 is 4.90 Å². The number of nitrogens with zero attached hydrogens (tertiary/aromatic N) is 2. The SMILES string of the molecule is c1ccc(-c2ccc(N(c3ccc(-c4cccc5oc6cc7oc(-c8ccccc8)nc7cc6c45)cc3)c3cccc(-c4cccc5ccccc45)c3)cc2)cc1. The normalized spacial score (nSPS) is 11.5. The molecule has 0 spiro atoms. The molecule has 0 N–H and O–H groups in total. The third-order valence-corrected chi connectivity index (χ3v) is 10.9. The Bertz CT molecular complexity index is 3210. The Labute approximate surface area is 329 Å². The van der Waals surface area contributed by atoms with Crippen LogP contribution in [0.4, 0.5) is 17.1 Å². The van der Waals surface area contributed by atoms with Gasteiger partial charge in [-0.2, -0.15) is 0 Å². The molecule has 11 aromatic rings. The van der Waals surface area contributed by atoms with Crippen LogP contribution in [-0.2, 0) is 0 Å². The number of furan rings is 1. The minimum absolute atomic E-state index is 0.597. The van der Waals surface area contributed by atoms with Gasteiger partial charge in [-0.15, -0.1) is 0 Å². The summed E-state index contributed by atoms with van der Waals surface area (Å²) in [5.41, 5.74) is 14.2. The standard InChI is InChI=1S/C53H34N2O2/c1-3-12-35(13-4-1)36-24-28-41(29-25-36)55(43-19-9-18-40(32-43)45-21-10-17-37-14-7-8-20-44(37)45)42-30-26-38(27-31-42)46-22-11-23-49-52(46)47-33-48-51(34-50(47)56-49)57-53(54-48)39-15-5-2-6-16-39/h1-34H. The van der Waals surface area contributed by atoms with Crippen LogP contribution in [0.5, 0.6) is 0 Å². The lowest BCUT2D eigenvalue weighted by Crippen LogP contribution is -2.10. The summed E-state index contributed by atoms with van der Waals surface area (Å²) in [6, 6.07) is 72.5. The summed E-state index contributed by atoms with van der Waals surface area (Å²) in [6.07, 6.45) is 0. The molecule has 0 amide bonds. The van der Waals surface area contributed by atoms with Gasteiger partial charge in [-0.25, -0.2) is 4.98 Å². The Morgan fingerprint density at radius 3 is 1.75 bits per heavy atom. The predicted molar refractivity (Wildman–Crippen MR) is 235 cm³/mol. The van der Waals surface area contributed by atoms with E-state index in [4.69, 9.17) is 13.8 Å². The predicted octanol–water partition coefficient (Wildman–Crippen LogP) is 15.0. The number of aromatic nitrogens is 1. The lowest BCUT2D eigenvalue weighted by Gasteiger charge is -2.26. The van der Waals surface area contributed by atoms with Gasteiger partial charge in [0.05, 0.1) is 0 Å². The summed E-state index contributed by atoms with van der Waals surface area (Å²) in [5.74, 6) is 0.597. The molecule has 0 radical (unpaired) electrons. The minimum Gasteiger partial charge on any atom is -0.456 e. The van der Waals surface area contributed by atoms with E-state index < -0.39 is 0 Å². The second kappa shape index (κ2) is 13.6. The largest absolute Gasteiger partial charge is 0.456 e. The Hall–Kier alpha value is -7.69. The number of anilines is 3. The van der Waals surface area contributed by atoms with Gasteiger partial charge >= 0.3 is 0 Å². The van der Waals surface area contributed by atoms with Crippen LogP contribution >= 0.6 is 0 Å². The molecule has 0 unspecified atom stereocenters. The summed E-state index contributed by atoms with van der Waals surface area (Å²) in [7, 11) is 0. The van der Waals surface area contributed by atoms with Crippen molar-refractivity contribution < 1.29 is 8.83 Å². The van der Waals surface area contributed by atoms with E-state index in [0.29, 0.717) is 11.5 Å². The first-order valence-corrected chi connectivity index (χ1v) is 19.2. The Morgan fingerprint density at radius 2 is 0.965 bits per heavy atom. The van der Waals surface area contributed by atoms with Crippen molar-refractivity contribution in [3.8, 4) is 44.8 Å². The highest BCUT2D eigenvalue weighted by Crippen LogP contribution is 2.42. The van der Waals surface area contributed by atoms with Gasteiger partial charge in [0.15, 0.2) is 5.58 Å². The van der Waals surface area contributed by atoms with Crippen LogP contribution in [0.25, 0.3) is 88.6 Å². The fourth-order valence-corrected chi connectivity index (χ4v) is 8.15. The van der Waals surface area contributed by atoms with Gasteiger partial charge in [0.2, 0.25) is 5.89 Å². The third kappa shape index (κ3) is 5.83. The smallest absolute Gasteiger partial charge is 0.227 e. The Morgan fingerprint density at radius 1 is 0.351 bits per heavy atom. The van der Waals surface area contributed by atoms with E-state index in [1.165, 1.54) is 33.0 Å². The maximum absolute atomic E-state index is 6.44. The maximum atomic E-state index is 6.44. The highest BCUT2D eigenvalue weighted by molar-refractivity contribution is 6.15. The van der Waals surface area contributed by atoms with E-state index in [9.17, 15) is 0 Å². The Balaban J connectivity index is 1.01. The van der Waals surface area contributed by atoms with E-state index in [0.717, 1.165) is 61.2 Å². The summed E-state index contributed by atoms with van der Waals surface area (Å²) >= 11 is 0. The van der Waals surface area contributed by atoms with Crippen LogP contribution in [0, 0.1) is 0 Å². The van der Waals surface area contributed by atoms with Gasteiger partial charge in [-0.3, -0.25) is 0 Å². The lowest BCUT2D eigenvalue weighted by molar-refractivity contribution is 0.617. The Kier molecular flexibility index (Phi) is 7.78. The molecule has 0 aliphatic heterocycles. The third-order valence-electron chi connectivity index (χ3n) is 10.9. The maximum Gasteiger partial charge on any atom is 0.227 e. The first kappa shape index (κ1) is 32.7. The second-order valence-electron chi connectivity index (χ2n) is 14.4. The zero-order valence-corrected chi connectivity index (χ0v) is 30.8. The van der Waals surface area contributed by atoms with Gasteiger partial charge in [-0.05, 0) is 105 Å². The van der Waals surface area contributed by atoms with Gasteiger partial charge in [-0.1, -0.05) is 140 Å². The molecule has 0 saturated carbocycles. The first-order chi connectivity index (χ1) is 28.2. The van der Waals surface area contributed by atoms with Gasteiger partial charge < -0.3 is 13.7 Å². The molecule has 268 valence electrons. The first-order valence-electron chi connectivity index (χ1n) is 19.2.